The van der Waals surface area contributed by atoms with Crippen LogP contribution < -0.4 is 5.32 Å². The van der Waals surface area contributed by atoms with Crippen LogP contribution in [-0.2, 0) is 27.3 Å². The van der Waals surface area contributed by atoms with Gasteiger partial charge < -0.3 is 10.1 Å². The molecule has 2 aromatic heterocycles. The number of aryl methyl sites for hydroxylation is 1. The van der Waals surface area contributed by atoms with Gasteiger partial charge in [0.2, 0.25) is 0 Å². The van der Waals surface area contributed by atoms with E-state index in [1.807, 2.05) is 0 Å². The Labute approximate surface area is 180 Å². The highest BCUT2D eigenvalue weighted by Gasteiger charge is 2.33. The number of hydrogen-bond acceptors (Lipinski definition) is 7. The van der Waals surface area contributed by atoms with Gasteiger partial charge in [-0.1, -0.05) is 6.07 Å². The molecule has 32 heavy (non-hydrogen) atoms. The van der Waals surface area contributed by atoms with Crippen molar-refractivity contribution < 1.29 is 35.9 Å². The Morgan fingerprint density at radius 2 is 1.94 bits per heavy atom. The van der Waals surface area contributed by atoms with E-state index in [-0.39, 0.29) is 23.5 Å². The van der Waals surface area contributed by atoms with Gasteiger partial charge in [0.25, 0.3) is 5.91 Å². The Balaban J connectivity index is 1.97. The lowest BCUT2D eigenvalue weighted by Crippen LogP contribution is -2.18. The highest BCUT2D eigenvalue weighted by atomic mass is 32.2. The topological polar surface area (TPSA) is 120 Å². The molecule has 9 nitrogen and oxygen atoms in total. The summed E-state index contributed by atoms with van der Waals surface area (Å²) in [4.78, 5) is 28.0. The molecule has 13 heteroatoms. The number of hydrogen-bond donors (Lipinski definition) is 1. The molecule has 3 rings (SSSR count). The Bertz CT molecular complexity index is 1300. The summed E-state index contributed by atoms with van der Waals surface area (Å²) in [5, 5.41) is 7.04. The van der Waals surface area contributed by atoms with Crippen LogP contribution in [0.2, 0.25) is 0 Å². The van der Waals surface area contributed by atoms with Crippen LogP contribution in [0.3, 0.4) is 0 Å². The Kier molecular flexibility index (Phi) is 6.21. The van der Waals surface area contributed by atoms with E-state index < -0.39 is 39.3 Å². The number of rotatable bonds is 6. The fraction of sp³-hybridized carbons (Fsp3) is 0.263. The van der Waals surface area contributed by atoms with E-state index in [9.17, 15) is 31.2 Å². The normalized spacial score (nSPS) is 12.0. The molecule has 0 aliphatic rings. The van der Waals surface area contributed by atoms with Crippen molar-refractivity contribution in [1.29, 1.82) is 0 Å². The van der Waals surface area contributed by atoms with E-state index >= 15 is 0 Å². The molecule has 0 saturated heterocycles. The summed E-state index contributed by atoms with van der Waals surface area (Å²) >= 11 is 0. The molecular formula is C19H17F3N4O5S. The fourth-order valence-corrected chi connectivity index (χ4v) is 3.30. The number of aromatic nitrogens is 3. The Morgan fingerprint density at radius 1 is 1.22 bits per heavy atom. The van der Waals surface area contributed by atoms with E-state index in [0.29, 0.717) is 10.9 Å². The first-order valence-electron chi connectivity index (χ1n) is 9.00. The van der Waals surface area contributed by atoms with E-state index in [1.54, 1.807) is 0 Å². The molecule has 0 aliphatic heterocycles. The number of fused-ring (bicyclic) bond motifs is 1. The number of methoxy groups -OCH3 is 1. The number of sulfone groups is 1. The zero-order valence-corrected chi connectivity index (χ0v) is 17.6. The second-order valence-electron chi connectivity index (χ2n) is 6.83. The monoisotopic (exact) mass is 470 g/mol. The van der Waals surface area contributed by atoms with Crippen LogP contribution in [-0.4, -0.2) is 54.2 Å². The van der Waals surface area contributed by atoms with Gasteiger partial charge in [0.05, 0.1) is 36.2 Å². The minimum Gasteiger partial charge on any atom is -0.465 e. The molecule has 0 unspecified atom stereocenters. The van der Waals surface area contributed by atoms with Gasteiger partial charge in [0.15, 0.2) is 0 Å². The molecule has 0 aliphatic carbocycles. The summed E-state index contributed by atoms with van der Waals surface area (Å²) in [7, 11) is -2.11. The predicted octanol–water partition coefficient (Wildman–Crippen LogP) is 2.53. The highest BCUT2D eigenvalue weighted by molar-refractivity contribution is 7.90. The number of pyridine rings is 1. The number of nitrogens with one attached hydrogen (secondary N) is 1. The Hall–Kier alpha value is -3.48. The predicted molar refractivity (Wildman–Crippen MR) is 108 cm³/mol. The second-order valence-corrected chi connectivity index (χ2v) is 9.09. The van der Waals surface area contributed by atoms with E-state index in [4.69, 9.17) is 4.74 Å². The zero-order chi connectivity index (χ0) is 23.7. The molecule has 2 heterocycles. The van der Waals surface area contributed by atoms with Crippen LogP contribution in [0.15, 0.2) is 36.5 Å². The molecule has 0 atom stereocenters. The highest BCUT2D eigenvalue weighted by Crippen LogP contribution is 2.28. The number of benzene rings is 1. The molecule has 1 aromatic carbocycles. The third-order valence-corrected chi connectivity index (χ3v) is 5.23. The summed E-state index contributed by atoms with van der Waals surface area (Å²) in [6.45, 7) is 0.0664. The van der Waals surface area contributed by atoms with Crippen molar-refractivity contribution >= 4 is 38.3 Å². The maximum atomic E-state index is 12.9. The first-order valence-corrected chi connectivity index (χ1v) is 11.1. The first-order chi connectivity index (χ1) is 14.9. The molecule has 0 saturated carbocycles. The summed E-state index contributed by atoms with van der Waals surface area (Å²) in [5.74, 6) is -1.94. The first kappa shape index (κ1) is 23.2. The van der Waals surface area contributed by atoms with Crippen LogP contribution in [0.1, 0.15) is 26.5 Å². The summed E-state index contributed by atoms with van der Waals surface area (Å²) in [6, 6.07) is 5.59. The lowest BCUT2D eigenvalue weighted by atomic mass is 10.1. The average molecular weight is 470 g/mol. The van der Waals surface area contributed by atoms with Crippen molar-refractivity contribution in [1.82, 2.24) is 14.8 Å². The average Bonchev–Trinajstić information content (AvgIpc) is 3.12. The molecule has 0 spiro atoms. The quantitative estimate of drug-likeness (QED) is 0.550. The third kappa shape index (κ3) is 5.41. The molecule has 1 amide bonds. The lowest BCUT2D eigenvalue weighted by molar-refractivity contribution is -0.141. The van der Waals surface area contributed by atoms with Gasteiger partial charge in [0.1, 0.15) is 21.2 Å². The number of anilines is 1. The summed E-state index contributed by atoms with van der Waals surface area (Å²) < 4.78 is 67.5. The van der Waals surface area contributed by atoms with Crippen molar-refractivity contribution in [2.45, 2.75) is 12.7 Å². The maximum absolute atomic E-state index is 12.9. The van der Waals surface area contributed by atoms with Crippen LogP contribution in [0.25, 0.3) is 10.9 Å². The van der Waals surface area contributed by atoms with Gasteiger partial charge in [-0.15, -0.1) is 0 Å². The van der Waals surface area contributed by atoms with Gasteiger partial charge in [-0.25, -0.2) is 18.2 Å². The van der Waals surface area contributed by atoms with Crippen molar-refractivity contribution in [3.05, 3.63) is 53.5 Å². The zero-order valence-electron chi connectivity index (χ0n) is 16.8. The van der Waals surface area contributed by atoms with E-state index in [1.165, 1.54) is 23.0 Å². The van der Waals surface area contributed by atoms with Crippen LogP contribution in [0.4, 0.5) is 18.9 Å². The number of carbonyl (C=O) groups is 2. The van der Waals surface area contributed by atoms with Gasteiger partial charge in [-0.05, 0) is 24.3 Å². The van der Waals surface area contributed by atoms with Crippen molar-refractivity contribution in [3.8, 4) is 0 Å². The standard InChI is InChI=1S/C19H17F3N4O5S/c1-31-18(28)12-9-14-11(10-26(25-14)6-7-32(2,29)30)8-15(12)24-17(27)13-4-3-5-16(23-13)19(20,21)22/h3-5,8-10H,6-7H2,1-2H3,(H,24,27). The SMILES string of the molecule is COC(=O)c1cc2nn(CCS(C)(=O)=O)cc2cc1NC(=O)c1cccc(C(F)(F)F)n1. The number of halogens is 3. The number of nitrogens with zero attached hydrogens (tertiary/aromatic N) is 3. The van der Waals surface area contributed by atoms with Gasteiger partial charge >= 0.3 is 12.1 Å². The third-order valence-electron chi connectivity index (χ3n) is 4.31. The van der Waals surface area contributed by atoms with Crippen LogP contribution >= 0.6 is 0 Å². The van der Waals surface area contributed by atoms with Gasteiger partial charge in [0, 0.05) is 17.8 Å². The molecule has 0 fully saturated rings. The fourth-order valence-electron chi connectivity index (χ4n) is 2.78. The number of ether oxygens (including phenoxy) is 1. The smallest absolute Gasteiger partial charge is 0.433 e. The molecule has 3 aromatic rings. The van der Waals surface area contributed by atoms with Gasteiger partial charge in [-0.3, -0.25) is 9.48 Å². The molecule has 170 valence electrons. The Morgan fingerprint density at radius 3 is 2.56 bits per heavy atom. The maximum Gasteiger partial charge on any atom is 0.433 e. The number of amides is 1. The second kappa shape index (κ2) is 8.57. The molecule has 0 bridgehead atoms. The molecular weight excluding hydrogens is 453 g/mol. The number of carbonyl (C=O) groups excluding carboxylic acids is 2. The minimum atomic E-state index is -4.73. The summed E-state index contributed by atoms with van der Waals surface area (Å²) in [6.07, 6.45) is -2.13. The molecule has 1 N–H and O–H groups in total. The number of alkyl halides is 3. The largest absolute Gasteiger partial charge is 0.465 e. The van der Waals surface area contributed by atoms with Crippen molar-refractivity contribution in [2.24, 2.45) is 0 Å². The van der Waals surface area contributed by atoms with E-state index in [2.05, 4.69) is 15.4 Å². The van der Waals surface area contributed by atoms with Crippen molar-refractivity contribution in [2.75, 3.05) is 24.4 Å². The summed E-state index contributed by atoms with van der Waals surface area (Å²) in [5.41, 5.74) is -1.53. The van der Waals surface area contributed by atoms with Crippen LogP contribution in [0.5, 0.6) is 0 Å². The van der Waals surface area contributed by atoms with Crippen molar-refractivity contribution in [3.63, 3.8) is 0 Å². The number of esters is 1. The lowest BCUT2D eigenvalue weighted by Gasteiger charge is -2.11. The van der Waals surface area contributed by atoms with Gasteiger partial charge in [-0.2, -0.15) is 18.3 Å². The van der Waals surface area contributed by atoms with E-state index in [0.717, 1.165) is 31.6 Å². The minimum absolute atomic E-state index is 0.0313. The molecule has 0 radical (unpaired) electrons. The van der Waals surface area contributed by atoms with Crippen LogP contribution in [0, 0.1) is 0 Å².